The van der Waals surface area contributed by atoms with Gasteiger partial charge in [0.15, 0.2) is 0 Å². The van der Waals surface area contributed by atoms with E-state index in [-0.39, 0.29) is 42.2 Å². The molecule has 11 heteroatoms. The van der Waals surface area contributed by atoms with Gasteiger partial charge in [-0.05, 0) is 95.0 Å². The van der Waals surface area contributed by atoms with Gasteiger partial charge in [0.05, 0.1) is 36.6 Å². The molecule has 0 aromatic rings. The van der Waals surface area contributed by atoms with Gasteiger partial charge in [0.1, 0.15) is 29.9 Å². The molecule has 14 atom stereocenters. The van der Waals surface area contributed by atoms with Crippen LogP contribution in [0.5, 0.6) is 0 Å². The van der Waals surface area contributed by atoms with Crippen molar-refractivity contribution in [3.63, 3.8) is 0 Å². The molecule has 14 unspecified atom stereocenters. The molecule has 1 aliphatic carbocycles. The Labute approximate surface area is 329 Å². The summed E-state index contributed by atoms with van der Waals surface area (Å²) in [7, 11) is 4.85. The molecule has 1 saturated carbocycles. The Morgan fingerprint density at radius 3 is 2.31 bits per heavy atom. The SMILES string of the molecule is C=CCC1C=C(C)CC(C)C(OC)C2OC(C(=O)C(=O)N3CCCCC3C(=C)OC(C(C)=CC3CCC(O)C(OC)C3)C(C)C(O)CC1=O)C(C)CC2OC. The van der Waals surface area contributed by atoms with Gasteiger partial charge in [0.25, 0.3) is 5.91 Å². The van der Waals surface area contributed by atoms with Crippen LogP contribution in [-0.4, -0.2) is 115 Å². The van der Waals surface area contributed by atoms with E-state index < -0.39 is 66.2 Å². The minimum Gasteiger partial charge on any atom is -0.488 e. The number of methoxy groups -OCH3 is 3. The number of fused-ring (bicyclic) bond motifs is 3. The predicted molar refractivity (Wildman–Crippen MR) is 211 cm³/mol. The minimum absolute atomic E-state index is 0.0891. The first-order valence-corrected chi connectivity index (χ1v) is 20.4. The van der Waals surface area contributed by atoms with Crippen molar-refractivity contribution in [3.05, 3.63) is 48.3 Å². The Bertz CT molecular complexity index is 1410. The lowest BCUT2D eigenvalue weighted by molar-refractivity contribution is -0.203. The Hall–Kier alpha value is -2.67. The zero-order chi connectivity index (χ0) is 40.6. The number of Topliss-reactive ketones (excluding diaryl/α,β-unsaturated/α-hetero) is 2. The summed E-state index contributed by atoms with van der Waals surface area (Å²) in [6.45, 7) is 18.4. The van der Waals surface area contributed by atoms with Crippen LogP contribution in [0.4, 0.5) is 0 Å². The molecule has 0 spiro atoms. The van der Waals surface area contributed by atoms with Gasteiger partial charge in [-0.25, -0.2) is 0 Å². The highest BCUT2D eigenvalue weighted by Crippen LogP contribution is 2.37. The summed E-state index contributed by atoms with van der Waals surface area (Å²) in [6, 6.07) is -0.571. The van der Waals surface area contributed by atoms with Crippen LogP contribution < -0.4 is 0 Å². The molecule has 0 aromatic heterocycles. The number of amides is 1. The first-order chi connectivity index (χ1) is 26.1. The molecular weight excluding hydrogens is 702 g/mol. The van der Waals surface area contributed by atoms with Crippen LogP contribution in [0.1, 0.15) is 98.8 Å². The van der Waals surface area contributed by atoms with Gasteiger partial charge in [0, 0.05) is 46.1 Å². The molecule has 310 valence electrons. The zero-order valence-corrected chi connectivity index (χ0v) is 34.6. The molecule has 55 heavy (non-hydrogen) atoms. The highest BCUT2D eigenvalue weighted by Gasteiger charge is 2.48. The normalized spacial score (nSPS) is 39.5. The van der Waals surface area contributed by atoms with E-state index in [0.29, 0.717) is 50.8 Å². The zero-order valence-electron chi connectivity index (χ0n) is 34.6. The Kier molecular flexibility index (Phi) is 16.9. The van der Waals surface area contributed by atoms with Crippen molar-refractivity contribution >= 4 is 17.5 Å². The fourth-order valence-corrected chi connectivity index (χ4v) is 9.44. The van der Waals surface area contributed by atoms with E-state index in [0.717, 1.165) is 30.4 Å². The van der Waals surface area contributed by atoms with Crippen LogP contribution in [0.3, 0.4) is 0 Å². The fraction of sp³-hybridized carbons (Fsp3) is 0.750. The smallest absolute Gasteiger partial charge is 0.293 e. The maximum Gasteiger partial charge on any atom is 0.293 e. The van der Waals surface area contributed by atoms with Crippen LogP contribution in [-0.2, 0) is 38.1 Å². The van der Waals surface area contributed by atoms with Crippen molar-refractivity contribution < 1.29 is 48.3 Å². The predicted octanol–water partition coefficient (Wildman–Crippen LogP) is 5.92. The Morgan fingerprint density at radius 2 is 1.65 bits per heavy atom. The van der Waals surface area contributed by atoms with Gasteiger partial charge in [-0.2, -0.15) is 0 Å². The summed E-state index contributed by atoms with van der Waals surface area (Å²) in [5, 5.41) is 22.2. The van der Waals surface area contributed by atoms with Crippen LogP contribution >= 0.6 is 0 Å². The standard InChI is InChI=1S/C44H69NO10/c1-11-14-32-20-25(2)19-26(3)42(53-10)43-38(52-9)22-28(5)41(55-43)39(49)44(50)45-18-13-12-15-33(45)30(7)54-40(29(6)35(47)24-36(32)48)27(4)21-31-16-17-34(46)37(23-31)51-8/h11,20-21,26,28-29,31-35,37-38,40-43,46-47H,1,7,12-19,22-24H2,2-6,8-10H3. The topological polar surface area (TPSA) is 141 Å². The number of rotatable bonds is 7. The lowest BCUT2D eigenvalue weighted by Gasteiger charge is -2.44. The second kappa shape index (κ2) is 20.7. The Morgan fingerprint density at radius 1 is 0.945 bits per heavy atom. The summed E-state index contributed by atoms with van der Waals surface area (Å²) < 4.78 is 30.8. The second-order valence-electron chi connectivity index (χ2n) is 16.8. The molecule has 2 N–H and O–H groups in total. The number of aliphatic hydroxyl groups is 2. The monoisotopic (exact) mass is 771 g/mol. The van der Waals surface area contributed by atoms with Crippen molar-refractivity contribution in [1.29, 1.82) is 0 Å². The molecule has 4 aliphatic rings. The Balaban J connectivity index is 1.76. The molecule has 11 nitrogen and oxygen atoms in total. The van der Waals surface area contributed by atoms with Crippen LogP contribution in [0.2, 0.25) is 0 Å². The van der Waals surface area contributed by atoms with Crippen molar-refractivity contribution in [2.24, 2.45) is 29.6 Å². The van der Waals surface area contributed by atoms with E-state index >= 15 is 0 Å². The van der Waals surface area contributed by atoms with E-state index in [2.05, 4.69) is 19.2 Å². The fourth-order valence-electron chi connectivity index (χ4n) is 9.44. The highest BCUT2D eigenvalue weighted by atomic mass is 16.6. The summed E-state index contributed by atoms with van der Waals surface area (Å²) >= 11 is 0. The highest BCUT2D eigenvalue weighted by molar-refractivity contribution is 6.38. The van der Waals surface area contributed by atoms with Gasteiger partial charge >= 0.3 is 0 Å². The third-order valence-corrected chi connectivity index (χ3v) is 12.6. The largest absolute Gasteiger partial charge is 0.488 e. The molecule has 0 radical (unpaired) electrons. The number of nitrogens with zero attached hydrogens (tertiary/aromatic N) is 1. The summed E-state index contributed by atoms with van der Waals surface area (Å²) in [6.07, 6.45) is 6.41. The van der Waals surface area contributed by atoms with Crippen molar-refractivity contribution in [3.8, 4) is 0 Å². The van der Waals surface area contributed by atoms with Crippen molar-refractivity contribution in [2.75, 3.05) is 27.9 Å². The number of aliphatic hydroxyl groups excluding tert-OH is 2. The second-order valence-corrected chi connectivity index (χ2v) is 16.8. The number of hydrogen-bond donors (Lipinski definition) is 2. The van der Waals surface area contributed by atoms with Crippen molar-refractivity contribution in [2.45, 2.75) is 154 Å². The third kappa shape index (κ3) is 11.0. The number of carbonyl (C=O) groups excluding carboxylic acids is 3. The van der Waals surface area contributed by atoms with Crippen LogP contribution in [0.15, 0.2) is 48.3 Å². The number of ether oxygens (including phenoxy) is 5. The number of allylic oxidation sites excluding steroid dienone is 4. The molecule has 0 aromatic carbocycles. The lowest BCUT2D eigenvalue weighted by Crippen LogP contribution is -2.57. The molecule has 1 amide bonds. The summed E-state index contributed by atoms with van der Waals surface area (Å²) in [5.74, 6) is -2.28. The van der Waals surface area contributed by atoms with E-state index in [1.807, 2.05) is 40.7 Å². The maximum atomic E-state index is 14.3. The minimum atomic E-state index is -1.05. The van der Waals surface area contributed by atoms with Crippen LogP contribution in [0.25, 0.3) is 0 Å². The van der Waals surface area contributed by atoms with E-state index in [1.54, 1.807) is 32.3 Å². The summed E-state index contributed by atoms with van der Waals surface area (Å²) in [4.78, 5) is 44.0. The first-order valence-electron chi connectivity index (χ1n) is 20.4. The van der Waals surface area contributed by atoms with Gasteiger partial charge in [-0.3, -0.25) is 14.4 Å². The number of piperidine rings is 1. The lowest BCUT2D eigenvalue weighted by atomic mass is 9.81. The average molecular weight is 772 g/mol. The average Bonchev–Trinajstić information content (AvgIpc) is 3.16. The number of carbonyl (C=O) groups is 3. The molecular formula is C44H69NO10. The van der Waals surface area contributed by atoms with E-state index in [1.165, 1.54) is 0 Å². The van der Waals surface area contributed by atoms with Gasteiger partial charge < -0.3 is 38.8 Å². The molecule has 3 aliphatic heterocycles. The van der Waals surface area contributed by atoms with Crippen LogP contribution in [0, 0.1) is 29.6 Å². The molecule has 3 heterocycles. The number of ketones is 2. The van der Waals surface area contributed by atoms with Crippen molar-refractivity contribution in [1.82, 2.24) is 4.90 Å². The maximum absolute atomic E-state index is 14.3. The van der Waals surface area contributed by atoms with E-state index in [9.17, 15) is 24.6 Å². The molecule has 2 bridgehead atoms. The summed E-state index contributed by atoms with van der Waals surface area (Å²) in [5.41, 5.74) is 1.83. The molecule has 3 fully saturated rings. The van der Waals surface area contributed by atoms with Gasteiger partial charge in [-0.15, -0.1) is 6.58 Å². The molecule has 2 saturated heterocycles. The quantitative estimate of drug-likeness (QED) is 0.237. The first kappa shape index (κ1) is 45.0. The van der Waals surface area contributed by atoms with E-state index in [4.69, 9.17) is 23.7 Å². The molecule has 4 rings (SSSR count). The number of hydrogen-bond acceptors (Lipinski definition) is 10. The van der Waals surface area contributed by atoms with Gasteiger partial charge in [-0.1, -0.05) is 51.2 Å². The van der Waals surface area contributed by atoms with Gasteiger partial charge in [0.2, 0.25) is 5.78 Å². The third-order valence-electron chi connectivity index (χ3n) is 12.6.